The number of urea groups is 2. The number of carbonyl (C=O) groups is 2. The molecule has 1 aromatic carbocycles. The predicted molar refractivity (Wildman–Crippen MR) is 133 cm³/mol. The average molecular weight is 500 g/mol. The third kappa shape index (κ3) is 4.92. The highest BCUT2D eigenvalue weighted by atomic mass is 32.2. The number of nitrogens with zero attached hydrogens (tertiary/aromatic N) is 5. The van der Waals surface area contributed by atoms with Crippen molar-refractivity contribution in [2.75, 3.05) is 33.7 Å². The number of halogens is 1. The Morgan fingerprint density at radius 1 is 1.23 bits per heavy atom. The Hall–Kier alpha value is -3.67. The van der Waals surface area contributed by atoms with Crippen molar-refractivity contribution in [3.8, 4) is 0 Å². The maximum absolute atomic E-state index is 14.7. The van der Waals surface area contributed by atoms with Crippen molar-refractivity contribution < 1.29 is 18.5 Å². The molecule has 4 amide bonds. The van der Waals surface area contributed by atoms with E-state index < -0.39 is 11.8 Å². The van der Waals surface area contributed by atoms with Gasteiger partial charge in [-0.05, 0) is 30.9 Å². The van der Waals surface area contributed by atoms with Crippen LogP contribution in [0.4, 0.5) is 37.1 Å². The molecular weight excluding hydrogens is 473 g/mol. The van der Waals surface area contributed by atoms with Crippen LogP contribution in [0.15, 0.2) is 34.1 Å². The van der Waals surface area contributed by atoms with Gasteiger partial charge in [0, 0.05) is 30.3 Å². The summed E-state index contributed by atoms with van der Waals surface area (Å²) in [7, 11) is 1.62. The van der Waals surface area contributed by atoms with Crippen LogP contribution in [0.5, 0.6) is 0 Å². The Kier molecular flexibility index (Phi) is 6.41. The number of carbonyl (C=O) groups excluding carboxylic acids is 2. The highest BCUT2D eigenvalue weighted by Crippen LogP contribution is 2.34. The largest absolute Gasteiger partial charge is 0.338 e. The Morgan fingerprint density at radius 3 is 2.63 bits per heavy atom. The fraction of sp³-hybridized carbons (Fsp3) is 0.348. The number of fused-ring (bicyclic) bond motifs is 1. The minimum absolute atomic E-state index is 0.0890. The van der Waals surface area contributed by atoms with Crippen LogP contribution in [0.2, 0.25) is 0 Å². The fourth-order valence-corrected chi connectivity index (χ4v) is 3.92. The Balaban J connectivity index is 1.57. The van der Waals surface area contributed by atoms with E-state index in [-0.39, 0.29) is 29.6 Å². The van der Waals surface area contributed by atoms with E-state index in [2.05, 4.69) is 25.8 Å². The second kappa shape index (κ2) is 9.17. The molecule has 184 valence electrons. The van der Waals surface area contributed by atoms with E-state index in [9.17, 15) is 14.0 Å². The van der Waals surface area contributed by atoms with Gasteiger partial charge in [-0.2, -0.15) is 0 Å². The second-order valence-corrected chi connectivity index (χ2v) is 9.93. The van der Waals surface area contributed by atoms with Crippen LogP contribution in [-0.2, 0) is 12.0 Å². The van der Waals surface area contributed by atoms with E-state index >= 15 is 0 Å². The van der Waals surface area contributed by atoms with Gasteiger partial charge in [-0.3, -0.25) is 15.1 Å². The van der Waals surface area contributed by atoms with E-state index in [1.807, 2.05) is 27.0 Å². The molecule has 0 radical (unpaired) electrons. The molecule has 0 atom stereocenters. The summed E-state index contributed by atoms with van der Waals surface area (Å²) >= 11 is 1.38. The summed E-state index contributed by atoms with van der Waals surface area (Å²) in [5.41, 5.74) is 2.05. The van der Waals surface area contributed by atoms with Gasteiger partial charge >= 0.3 is 12.1 Å². The zero-order valence-electron chi connectivity index (χ0n) is 20.3. The third-order valence-electron chi connectivity index (χ3n) is 5.51. The molecule has 2 aromatic heterocycles. The molecule has 1 aliphatic rings. The van der Waals surface area contributed by atoms with Gasteiger partial charge in [0.25, 0.3) is 0 Å². The zero-order chi connectivity index (χ0) is 25.5. The minimum atomic E-state index is -0.708. The van der Waals surface area contributed by atoms with Crippen molar-refractivity contribution in [2.24, 2.45) is 0 Å². The van der Waals surface area contributed by atoms with Crippen molar-refractivity contribution >= 4 is 46.9 Å². The topological polar surface area (TPSA) is 116 Å². The molecule has 0 unspecified atom stereocenters. The maximum atomic E-state index is 14.7. The molecule has 12 heteroatoms. The standard InChI is InChI=1S/C23H26FN7O3S/c1-12-7-14(24)15(26-20(32)27-18-9-17(29-34-18)23(2,3)4)8-16(12)31-11-13-10-25-21(35-6)28-19(13)30(5)22(31)33/h7-10H,11H2,1-6H3,(H2,26,27,32). The molecule has 0 fully saturated rings. The lowest BCUT2D eigenvalue weighted by molar-refractivity contribution is 0.251. The van der Waals surface area contributed by atoms with E-state index in [1.165, 1.54) is 33.7 Å². The van der Waals surface area contributed by atoms with E-state index in [0.29, 0.717) is 27.9 Å². The summed E-state index contributed by atoms with van der Waals surface area (Å²) in [6.07, 6.45) is 3.54. The lowest BCUT2D eigenvalue weighted by Crippen LogP contribution is -2.46. The molecule has 0 bridgehead atoms. The molecule has 0 aliphatic carbocycles. The number of hydrogen-bond acceptors (Lipinski definition) is 7. The van der Waals surface area contributed by atoms with Gasteiger partial charge in [0.1, 0.15) is 11.6 Å². The normalized spacial score (nSPS) is 13.6. The first-order chi connectivity index (χ1) is 16.5. The van der Waals surface area contributed by atoms with Crippen LogP contribution in [0.3, 0.4) is 0 Å². The van der Waals surface area contributed by atoms with Crippen LogP contribution < -0.4 is 20.4 Å². The number of aryl methyl sites for hydroxylation is 1. The predicted octanol–water partition coefficient (Wildman–Crippen LogP) is 5.15. The molecule has 4 rings (SSSR count). The SMILES string of the molecule is CSc1ncc2c(n1)N(C)C(=O)N(c1cc(NC(=O)Nc3cc(C(C)(C)C)no3)c(F)cc1C)C2. The van der Waals surface area contributed by atoms with Crippen LogP contribution in [0, 0.1) is 12.7 Å². The molecule has 3 heterocycles. The summed E-state index contributed by atoms with van der Waals surface area (Å²) in [4.78, 5) is 37.3. The van der Waals surface area contributed by atoms with Crippen molar-refractivity contribution in [1.29, 1.82) is 0 Å². The van der Waals surface area contributed by atoms with Gasteiger partial charge in [0.15, 0.2) is 5.16 Å². The fourth-order valence-electron chi connectivity index (χ4n) is 3.58. The molecule has 0 spiro atoms. The minimum Gasteiger partial charge on any atom is -0.338 e. The van der Waals surface area contributed by atoms with Crippen molar-refractivity contribution in [3.05, 3.63) is 47.0 Å². The lowest BCUT2D eigenvalue weighted by Gasteiger charge is -2.35. The van der Waals surface area contributed by atoms with Crippen molar-refractivity contribution in [3.63, 3.8) is 0 Å². The summed E-state index contributed by atoms with van der Waals surface area (Å²) < 4.78 is 19.9. The molecule has 0 saturated heterocycles. The molecule has 1 aliphatic heterocycles. The van der Waals surface area contributed by atoms with Gasteiger partial charge in [0.05, 0.1) is 23.6 Å². The van der Waals surface area contributed by atoms with Gasteiger partial charge in [0.2, 0.25) is 5.88 Å². The number of benzene rings is 1. The Labute approximate surface area is 206 Å². The van der Waals surface area contributed by atoms with Gasteiger partial charge < -0.3 is 9.84 Å². The number of aromatic nitrogens is 3. The molecular formula is C23H26FN7O3S. The number of hydrogen-bond donors (Lipinski definition) is 2. The summed E-state index contributed by atoms with van der Waals surface area (Å²) in [6, 6.07) is 3.28. The smallest absolute Gasteiger partial charge is 0.330 e. The van der Waals surface area contributed by atoms with E-state index in [0.717, 1.165) is 5.56 Å². The number of nitrogens with one attached hydrogen (secondary N) is 2. The first kappa shape index (κ1) is 24.5. The molecule has 10 nitrogen and oxygen atoms in total. The van der Waals surface area contributed by atoms with Gasteiger partial charge in [-0.25, -0.2) is 23.9 Å². The number of anilines is 4. The Morgan fingerprint density at radius 2 is 1.97 bits per heavy atom. The Bertz CT molecular complexity index is 1300. The van der Waals surface area contributed by atoms with Crippen LogP contribution in [0.1, 0.15) is 37.6 Å². The number of amides is 4. The summed E-state index contributed by atoms with van der Waals surface area (Å²) in [5, 5.41) is 9.50. The highest BCUT2D eigenvalue weighted by molar-refractivity contribution is 7.98. The second-order valence-electron chi connectivity index (χ2n) is 9.16. The number of thioether (sulfide) groups is 1. The zero-order valence-corrected chi connectivity index (χ0v) is 21.1. The van der Waals surface area contributed by atoms with E-state index in [4.69, 9.17) is 4.52 Å². The van der Waals surface area contributed by atoms with E-state index in [1.54, 1.807) is 26.2 Å². The van der Waals surface area contributed by atoms with Crippen LogP contribution in [0.25, 0.3) is 0 Å². The maximum Gasteiger partial charge on any atom is 0.330 e. The highest BCUT2D eigenvalue weighted by Gasteiger charge is 2.32. The molecule has 35 heavy (non-hydrogen) atoms. The average Bonchev–Trinajstić information content (AvgIpc) is 3.27. The molecule has 3 aromatic rings. The quantitative estimate of drug-likeness (QED) is 0.377. The number of rotatable bonds is 4. The first-order valence-electron chi connectivity index (χ1n) is 10.8. The van der Waals surface area contributed by atoms with Crippen molar-refractivity contribution in [1.82, 2.24) is 15.1 Å². The van der Waals surface area contributed by atoms with Gasteiger partial charge in [-0.1, -0.05) is 37.7 Å². The first-order valence-corrected chi connectivity index (χ1v) is 12.0. The van der Waals surface area contributed by atoms with Crippen LogP contribution >= 0.6 is 11.8 Å². The monoisotopic (exact) mass is 499 g/mol. The lowest BCUT2D eigenvalue weighted by atomic mass is 9.92. The molecule has 0 saturated carbocycles. The summed E-state index contributed by atoms with van der Waals surface area (Å²) in [5.74, 6) is 0.0273. The van der Waals surface area contributed by atoms with Crippen molar-refractivity contribution in [2.45, 2.75) is 44.8 Å². The molecule has 2 N–H and O–H groups in total. The van der Waals surface area contributed by atoms with Gasteiger partial charge in [-0.15, -0.1) is 0 Å². The van der Waals surface area contributed by atoms with Crippen LogP contribution in [-0.4, -0.2) is 40.5 Å². The summed E-state index contributed by atoms with van der Waals surface area (Å²) in [6.45, 7) is 7.79. The third-order valence-corrected chi connectivity index (χ3v) is 6.07.